The Kier molecular flexibility index (Phi) is 6.58. The second-order valence-electron chi connectivity index (χ2n) is 6.33. The summed E-state index contributed by atoms with van der Waals surface area (Å²) in [5.41, 5.74) is 2.87. The maximum atomic E-state index is 12.9. The molecular formula is C23H25N3O. The SMILES string of the molecule is CCN(C(=O)c1ccnc(NCCCc2ccccc2)c1)c1ccccc1. The van der Waals surface area contributed by atoms with Gasteiger partial charge in [0, 0.05) is 30.5 Å². The summed E-state index contributed by atoms with van der Waals surface area (Å²) < 4.78 is 0. The zero-order valence-corrected chi connectivity index (χ0v) is 15.6. The number of nitrogens with one attached hydrogen (secondary N) is 1. The lowest BCUT2D eigenvalue weighted by atomic mass is 10.1. The van der Waals surface area contributed by atoms with Gasteiger partial charge < -0.3 is 10.2 Å². The van der Waals surface area contributed by atoms with Gasteiger partial charge in [-0.15, -0.1) is 0 Å². The third kappa shape index (κ3) is 5.17. The molecule has 27 heavy (non-hydrogen) atoms. The van der Waals surface area contributed by atoms with Gasteiger partial charge in [-0.25, -0.2) is 4.98 Å². The summed E-state index contributed by atoms with van der Waals surface area (Å²) in [4.78, 5) is 19.0. The van der Waals surface area contributed by atoms with Crippen LogP contribution in [0.3, 0.4) is 0 Å². The first-order valence-electron chi connectivity index (χ1n) is 9.38. The third-order valence-electron chi connectivity index (χ3n) is 4.43. The van der Waals surface area contributed by atoms with Crippen LogP contribution in [0.25, 0.3) is 0 Å². The minimum Gasteiger partial charge on any atom is -0.370 e. The maximum Gasteiger partial charge on any atom is 0.258 e. The second-order valence-corrected chi connectivity index (χ2v) is 6.33. The number of aromatic nitrogens is 1. The predicted molar refractivity (Wildman–Crippen MR) is 111 cm³/mol. The smallest absolute Gasteiger partial charge is 0.258 e. The zero-order chi connectivity index (χ0) is 18.9. The molecule has 0 unspecified atom stereocenters. The molecule has 0 fully saturated rings. The topological polar surface area (TPSA) is 45.2 Å². The van der Waals surface area contributed by atoms with E-state index >= 15 is 0 Å². The summed E-state index contributed by atoms with van der Waals surface area (Å²) in [6.45, 7) is 3.41. The van der Waals surface area contributed by atoms with E-state index in [-0.39, 0.29) is 5.91 Å². The van der Waals surface area contributed by atoms with Crippen molar-refractivity contribution in [3.63, 3.8) is 0 Å². The van der Waals surface area contributed by atoms with Crippen LogP contribution in [-0.2, 0) is 6.42 Å². The van der Waals surface area contributed by atoms with Crippen molar-refractivity contribution >= 4 is 17.4 Å². The van der Waals surface area contributed by atoms with Crippen molar-refractivity contribution in [1.82, 2.24) is 4.98 Å². The molecule has 0 aliphatic heterocycles. The zero-order valence-electron chi connectivity index (χ0n) is 15.6. The fraction of sp³-hybridized carbons (Fsp3) is 0.217. The molecule has 4 nitrogen and oxygen atoms in total. The lowest BCUT2D eigenvalue weighted by molar-refractivity contribution is 0.0988. The van der Waals surface area contributed by atoms with Gasteiger partial charge in [-0.2, -0.15) is 0 Å². The Labute approximate surface area is 160 Å². The van der Waals surface area contributed by atoms with Gasteiger partial charge in [0.1, 0.15) is 5.82 Å². The van der Waals surface area contributed by atoms with Gasteiger partial charge in [0.15, 0.2) is 0 Å². The van der Waals surface area contributed by atoms with Gasteiger partial charge in [0.05, 0.1) is 0 Å². The molecule has 3 aromatic rings. The van der Waals surface area contributed by atoms with Crippen LogP contribution in [0.1, 0.15) is 29.3 Å². The minimum absolute atomic E-state index is 0.0153. The number of para-hydroxylation sites is 1. The highest BCUT2D eigenvalue weighted by molar-refractivity contribution is 6.06. The van der Waals surface area contributed by atoms with Crippen LogP contribution >= 0.6 is 0 Å². The van der Waals surface area contributed by atoms with E-state index < -0.39 is 0 Å². The molecule has 1 aromatic heterocycles. The average molecular weight is 359 g/mol. The molecule has 138 valence electrons. The number of aryl methyl sites for hydroxylation is 1. The highest BCUT2D eigenvalue weighted by Crippen LogP contribution is 2.17. The predicted octanol–water partition coefficient (Wildman–Crippen LogP) is 4.79. The summed E-state index contributed by atoms with van der Waals surface area (Å²) in [7, 11) is 0. The van der Waals surface area contributed by atoms with Gasteiger partial charge in [-0.1, -0.05) is 48.5 Å². The van der Waals surface area contributed by atoms with E-state index in [1.54, 1.807) is 17.2 Å². The summed E-state index contributed by atoms with van der Waals surface area (Å²) >= 11 is 0. The quantitative estimate of drug-likeness (QED) is 0.588. The molecule has 0 aliphatic rings. The standard InChI is InChI=1S/C23H25N3O/c1-2-26(21-13-7-4-8-14-21)23(27)20-15-17-25-22(18-20)24-16-9-12-19-10-5-3-6-11-19/h3-8,10-11,13-15,17-18H,2,9,12,16H2,1H3,(H,24,25). The van der Waals surface area contributed by atoms with E-state index in [9.17, 15) is 4.79 Å². The largest absolute Gasteiger partial charge is 0.370 e. The first-order valence-corrected chi connectivity index (χ1v) is 9.38. The molecule has 4 heteroatoms. The van der Waals surface area contributed by atoms with E-state index in [0.717, 1.165) is 30.9 Å². The molecule has 0 aliphatic carbocycles. The monoisotopic (exact) mass is 359 g/mol. The molecule has 1 amide bonds. The number of amides is 1. The fourth-order valence-corrected chi connectivity index (χ4v) is 3.02. The lowest BCUT2D eigenvalue weighted by Gasteiger charge is -2.21. The van der Waals surface area contributed by atoms with Crippen LogP contribution in [-0.4, -0.2) is 24.0 Å². The summed E-state index contributed by atoms with van der Waals surface area (Å²) in [6, 6.07) is 23.8. The van der Waals surface area contributed by atoms with Crippen molar-refractivity contribution < 1.29 is 4.79 Å². The minimum atomic E-state index is -0.0153. The number of anilines is 2. The number of pyridine rings is 1. The Morgan fingerprint density at radius 2 is 1.70 bits per heavy atom. The summed E-state index contributed by atoms with van der Waals surface area (Å²) in [5, 5.41) is 3.33. The number of benzene rings is 2. The number of hydrogen-bond donors (Lipinski definition) is 1. The van der Waals surface area contributed by atoms with Gasteiger partial charge in [-0.3, -0.25) is 4.79 Å². The van der Waals surface area contributed by atoms with E-state index in [1.165, 1.54) is 5.56 Å². The first kappa shape index (κ1) is 18.6. The van der Waals surface area contributed by atoms with E-state index in [2.05, 4.69) is 34.6 Å². The summed E-state index contributed by atoms with van der Waals surface area (Å²) in [5.74, 6) is 0.719. The Hall–Kier alpha value is -3.14. The van der Waals surface area contributed by atoms with Gasteiger partial charge in [-0.05, 0) is 49.6 Å². The van der Waals surface area contributed by atoms with E-state index in [0.29, 0.717) is 12.1 Å². The van der Waals surface area contributed by atoms with Crippen molar-refractivity contribution in [2.75, 3.05) is 23.3 Å². The molecule has 1 N–H and O–H groups in total. The number of hydrogen-bond acceptors (Lipinski definition) is 3. The highest BCUT2D eigenvalue weighted by Gasteiger charge is 2.16. The van der Waals surface area contributed by atoms with Crippen LogP contribution in [0.2, 0.25) is 0 Å². The van der Waals surface area contributed by atoms with Crippen molar-refractivity contribution in [3.8, 4) is 0 Å². The van der Waals surface area contributed by atoms with Crippen molar-refractivity contribution in [2.24, 2.45) is 0 Å². The average Bonchev–Trinajstić information content (AvgIpc) is 2.73. The Morgan fingerprint density at radius 3 is 2.41 bits per heavy atom. The number of carbonyl (C=O) groups is 1. The van der Waals surface area contributed by atoms with Crippen LogP contribution in [0.15, 0.2) is 79.0 Å². The fourth-order valence-electron chi connectivity index (χ4n) is 3.02. The molecule has 0 bridgehead atoms. The Bertz CT molecular complexity index is 850. The third-order valence-corrected chi connectivity index (χ3v) is 4.43. The Balaban J connectivity index is 1.60. The summed E-state index contributed by atoms with van der Waals surface area (Å²) in [6.07, 6.45) is 3.71. The molecule has 2 aromatic carbocycles. The normalized spacial score (nSPS) is 10.4. The first-order chi connectivity index (χ1) is 13.3. The second kappa shape index (κ2) is 9.53. The number of nitrogens with zero attached hydrogens (tertiary/aromatic N) is 2. The van der Waals surface area contributed by atoms with Crippen LogP contribution in [0, 0.1) is 0 Å². The van der Waals surface area contributed by atoms with Crippen molar-refractivity contribution in [2.45, 2.75) is 19.8 Å². The Morgan fingerprint density at radius 1 is 1.00 bits per heavy atom. The molecule has 0 spiro atoms. The molecule has 1 heterocycles. The van der Waals surface area contributed by atoms with E-state index in [1.807, 2.05) is 49.4 Å². The van der Waals surface area contributed by atoms with Gasteiger partial charge in [0.2, 0.25) is 0 Å². The van der Waals surface area contributed by atoms with Crippen LogP contribution < -0.4 is 10.2 Å². The lowest BCUT2D eigenvalue weighted by Crippen LogP contribution is -2.30. The van der Waals surface area contributed by atoms with Crippen LogP contribution in [0.5, 0.6) is 0 Å². The van der Waals surface area contributed by atoms with Gasteiger partial charge >= 0.3 is 0 Å². The number of rotatable bonds is 8. The maximum absolute atomic E-state index is 12.9. The highest BCUT2D eigenvalue weighted by atomic mass is 16.2. The van der Waals surface area contributed by atoms with E-state index in [4.69, 9.17) is 0 Å². The molecule has 3 rings (SSSR count). The van der Waals surface area contributed by atoms with Gasteiger partial charge in [0.25, 0.3) is 5.91 Å². The van der Waals surface area contributed by atoms with Crippen molar-refractivity contribution in [1.29, 1.82) is 0 Å². The number of carbonyl (C=O) groups excluding carboxylic acids is 1. The molecule has 0 radical (unpaired) electrons. The molecule has 0 saturated carbocycles. The molecule has 0 saturated heterocycles. The van der Waals surface area contributed by atoms with Crippen molar-refractivity contribution in [3.05, 3.63) is 90.1 Å². The van der Waals surface area contributed by atoms with Crippen LogP contribution in [0.4, 0.5) is 11.5 Å². The molecular weight excluding hydrogens is 334 g/mol. The molecule has 0 atom stereocenters.